The van der Waals surface area contributed by atoms with E-state index in [1.165, 1.54) is 4.57 Å². The number of nitrogens with zero attached hydrogens (tertiary/aromatic N) is 1. The van der Waals surface area contributed by atoms with Crippen molar-refractivity contribution in [1.29, 1.82) is 0 Å². The summed E-state index contributed by atoms with van der Waals surface area (Å²) in [5.74, 6) is 0. The lowest BCUT2D eigenvalue weighted by Crippen LogP contribution is -2.15. The number of benzene rings is 1. The van der Waals surface area contributed by atoms with Crippen molar-refractivity contribution in [3.8, 4) is 5.69 Å². The summed E-state index contributed by atoms with van der Waals surface area (Å²) in [4.78, 5) is 11.4. The molecule has 15 heavy (non-hydrogen) atoms. The van der Waals surface area contributed by atoms with Crippen LogP contribution in [0.5, 0.6) is 0 Å². The Kier molecular flexibility index (Phi) is 2.81. The molecule has 78 valence electrons. The molecule has 2 aromatic rings. The molecule has 0 atom stereocenters. The molecule has 4 nitrogen and oxygen atoms in total. The van der Waals surface area contributed by atoms with Gasteiger partial charge in [0, 0.05) is 0 Å². The number of H-pyrrole nitrogens is 2. The molecule has 0 aliphatic carbocycles. The Morgan fingerprint density at radius 3 is 2.73 bits per heavy atom. The summed E-state index contributed by atoms with van der Waals surface area (Å²) in [5.41, 5.74) is 0.276. The molecule has 1 heterocycles. The molecule has 0 spiro atoms. The van der Waals surface area contributed by atoms with Gasteiger partial charge in [-0.05, 0) is 40.3 Å². The van der Waals surface area contributed by atoms with Gasteiger partial charge in [-0.15, -0.1) is 0 Å². The highest BCUT2D eigenvalue weighted by molar-refractivity contribution is 9.10. The smallest absolute Gasteiger partial charge is 0.272 e. The molecule has 0 saturated carbocycles. The fourth-order valence-electron chi connectivity index (χ4n) is 1.19. The van der Waals surface area contributed by atoms with E-state index in [-0.39, 0.29) is 5.69 Å². The second-order valence-corrected chi connectivity index (χ2v) is 4.36. The van der Waals surface area contributed by atoms with E-state index >= 15 is 0 Å². The predicted octanol–water partition coefficient (Wildman–Crippen LogP) is 2.64. The second-order valence-electron chi connectivity index (χ2n) is 2.77. The molecule has 0 radical (unpaired) electrons. The summed E-state index contributed by atoms with van der Waals surface area (Å²) in [6.45, 7) is 0. The molecule has 7 heteroatoms. The Hall–Kier alpha value is -0.850. The maximum absolute atomic E-state index is 11.4. The van der Waals surface area contributed by atoms with Crippen LogP contribution < -0.4 is 5.69 Å². The fraction of sp³-hybridized carbons (Fsp3) is 0. The molecule has 0 amide bonds. The SMILES string of the molecule is O=c1[nH][nH]c(=S)n1-c1cccc(Cl)c1Br. The average Bonchev–Trinajstić information content (AvgIpc) is 2.52. The van der Waals surface area contributed by atoms with E-state index in [9.17, 15) is 4.79 Å². The Morgan fingerprint density at radius 1 is 1.40 bits per heavy atom. The number of hydrogen-bond acceptors (Lipinski definition) is 2. The Bertz CT molecular complexity index is 587. The standard InChI is InChI=1S/C8H5BrClN3OS/c9-6-4(10)2-1-3-5(6)13-7(14)11-12-8(13)15/h1-3H,(H,11,14)(H,12,15). The highest BCUT2D eigenvalue weighted by Gasteiger charge is 2.09. The van der Waals surface area contributed by atoms with Crippen LogP contribution >= 0.6 is 39.7 Å². The quantitative estimate of drug-likeness (QED) is 0.796. The molecule has 1 aromatic heterocycles. The zero-order valence-electron chi connectivity index (χ0n) is 7.25. The lowest BCUT2D eigenvalue weighted by Gasteiger charge is -2.04. The number of hydrogen-bond donors (Lipinski definition) is 2. The van der Waals surface area contributed by atoms with Crippen molar-refractivity contribution in [3.05, 3.63) is 42.9 Å². The van der Waals surface area contributed by atoms with Crippen LogP contribution in [-0.4, -0.2) is 14.8 Å². The van der Waals surface area contributed by atoms with Crippen LogP contribution in [0.3, 0.4) is 0 Å². The molecular formula is C8H5BrClN3OS. The summed E-state index contributed by atoms with van der Waals surface area (Å²) in [5, 5.41) is 5.48. The molecular weight excluding hydrogens is 302 g/mol. The van der Waals surface area contributed by atoms with Crippen LogP contribution in [0.15, 0.2) is 27.5 Å². The van der Waals surface area contributed by atoms with Gasteiger partial charge in [-0.1, -0.05) is 17.7 Å². The minimum absolute atomic E-state index is 0.294. The highest BCUT2D eigenvalue weighted by atomic mass is 79.9. The number of aromatic amines is 2. The van der Waals surface area contributed by atoms with Gasteiger partial charge in [0.1, 0.15) is 0 Å². The molecule has 0 fully saturated rings. The molecule has 0 aliphatic heterocycles. The molecule has 0 unspecified atom stereocenters. The normalized spacial score (nSPS) is 10.5. The van der Waals surface area contributed by atoms with Gasteiger partial charge < -0.3 is 0 Å². The van der Waals surface area contributed by atoms with E-state index in [1.807, 2.05) is 0 Å². The van der Waals surface area contributed by atoms with Crippen LogP contribution in [-0.2, 0) is 0 Å². The van der Waals surface area contributed by atoms with Crippen LogP contribution in [0.4, 0.5) is 0 Å². The van der Waals surface area contributed by atoms with Gasteiger partial charge in [0.25, 0.3) is 0 Å². The number of nitrogens with one attached hydrogen (secondary N) is 2. The zero-order chi connectivity index (χ0) is 11.0. The lowest BCUT2D eigenvalue weighted by molar-refractivity contribution is 0.970. The lowest BCUT2D eigenvalue weighted by atomic mass is 10.3. The summed E-state index contributed by atoms with van der Waals surface area (Å²) < 4.78 is 2.25. The third-order valence-corrected chi connectivity index (χ3v) is 3.52. The molecule has 0 aliphatic rings. The van der Waals surface area contributed by atoms with E-state index in [0.717, 1.165) is 0 Å². The maximum atomic E-state index is 11.4. The molecule has 0 saturated heterocycles. The third kappa shape index (κ3) is 1.80. The molecule has 0 bridgehead atoms. The minimum Gasteiger partial charge on any atom is -0.272 e. The van der Waals surface area contributed by atoms with Crippen molar-refractivity contribution >= 4 is 39.7 Å². The average molecular weight is 307 g/mol. The molecule has 2 N–H and O–H groups in total. The van der Waals surface area contributed by atoms with Gasteiger partial charge >= 0.3 is 5.69 Å². The van der Waals surface area contributed by atoms with E-state index in [0.29, 0.717) is 20.0 Å². The van der Waals surface area contributed by atoms with Crippen LogP contribution in [0.1, 0.15) is 0 Å². The maximum Gasteiger partial charge on any atom is 0.347 e. The minimum atomic E-state index is -0.331. The fourth-order valence-corrected chi connectivity index (χ4v) is 2.04. The van der Waals surface area contributed by atoms with E-state index < -0.39 is 0 Å². The van der Waals surface area contributed by atoms with Gasteiger partial charge in [-0.2, -0.15) is 0 Å². The summed E-state index contributed by atoms with van der Waals surface area (Å²) in [6.07, 6.45) is 0. The number of aromatic nitrogens is 3. The van der Waals surface area contributed by atoms with Crippen molar-refractivity contribution in [2.45, 2.75) is 0 Å². The third-order valence-electron chi connectivity index (χ3n) is 1.85. The predicted molar refractivity (Wildman–Crippen MR) is 64.3 cm³/mol. The van der Waals surface area contributed by atoms with Gasteiger partial charge in [-0.25, -0.2) is 14.5 Å². The largest absolute Gasteiger partial charge is 0.347 e. The summed E-state index contributed by atoms with van der Waals surface area (Å²) in [6, 6.07) is 5.21. The topological polar surface area (TPSA) is 53.6 Å². The molecule has 2 rings (SSSR count). The highest BCUT2D eigenvalue weighted by Crippen LogP contribution is 2.27. The zero-order valence-corrected chi connectivity index (χ0v) is 10.4. The number of halogens is 2. The van der Waals surface area contributed by atoms with Crippen molar-refractivity contribution in [2.75, 3.05) is 0 Å². The Labute approximate surface area is 103 Å². The van der Waals surface area contributed by atoms with Crippen LogP contribution in [0.25, 0.3) is 5.69 Å². The first kappa shape index (κ1) is 10.7. The van der Waals surface area contributed by atoms with Crippen LogP contribution in [0, 0.1) is 4.77 Å². The molecule has 1 aromatic carbocycles. The van der Waals surface area contributed by atoms with Crippen LogP contribution in [0.2, 0.25) is 5.02 Å². The van der Waals surface area contributed by atoms with Crippen molar-refractivity contribution in [2.24, 2.45) is 0 Å². The summed E-state index contributed by atoms with van der Waals surface area (Å²) in [7, 11) is 0. The Morgan fingerprint density at radius 2 is 2.13 bits per heavy atom. The second kappa shape index (κ2) is 3.96. The van der Waals surface area contributed by atoms with Gasteiger partial charge in [0.2, 0.25) is 4.77 Å². The first-order valence-electron chi connectivity index (χ1n) is 3.95. The van der Waals surface area contributed by atoms with Crippen molar-refractivity contribution in [3.63, 3.8) is 0 Å². The first-order chi connectivity index (χ1) is 7.11. The first-order valence-corrected chi connectivity index (χ1v) is 5.53. The van der Waals surface area contributed by atoms with Gasteiger partial charge in [-0.3, -0.25) is 5.10 Å². The van der Waals surface area contributed by atoms with Gasteiger partial charge in [0.15, 0.2) is 0 Å². The van der Waals surface area contributed by atoms with E-state index in [2.05, 4.69) is 26.1 Å². The Balaban J connectivity index is 2.81. The van der Waals surface area contributed by atoms with E-state index in [4.69, 9.17) is 23.8 Å². The summed E-state index contributed by atoms with van der Waals surface area (Å²) >= 11 is 14.2. The number of rotatable bonds is 1. The monoisotopic (exact) mass is 305 g/mol. The van der Waals surface area contributed by atoms with Crippen molar-refractivity contribution in [1.82, 2.24) is 14.8 Å². The van der Waals surface area contributed by atoms with E-state index in [1.54, 1.807) is 18.2 Å². The van der Waals surface area contributed by atoms with Gasteiger partial charge in [0.05, 0.1) is 15.2 Å². The van der Waals surface area contributed by atoms with Crippen molar-refractivity contribution < 1.29 is 0 Å².